The average Bonchev–Trinajstić information content (AvgIpc) is 2.67. The summed E-state index contributed by atoms with van der Waals surface area (Å²) in [5, 5.41) is 8.43. The molecule has 15 heavy (non-hydrogen) atoms. The van der Waals surface area contributed by atoms with Gasteiger partial charge in [-0.05, 0) is 27.7 Å². The zero-order valence-electron chi connectivity index (χ0n) is 9.58. The Balaban J connectivity index is 0.000000423. The van der Waals surface area contributed by atoms with E-state index in [0.717, 1.165) is 0 Å². The molecule has 1 aromatic rings. The average molecular weight is 214 g/mol. The number of carbonyl (C=O) groups is 1. The largest absolute Gasteiger partial charge is 0.662 e. The van der Waals surface area contributed by atoms with Crippen molar-refractivity contribution in [2.24, 2.45) is 0 Å². The maximum atomic E-state index is 8.64. The van der Waals surface area contributed by atoms with E-state index in [-0.39, 0.29) is 6.47 Å². The van der Waals surface area contributed by atoms with Crippen LogP contribution in [-0.2, 0) is 9.68 Å². The molecule has 0 saturated carbocycles. The van der Waals surface area contributed by atoms with E-state index in [9.17, 15) is 0 Å². The van der Waals surface area contributed by atoms with Crippen molar-refractivity contribution in [3.8, 4) is 0 Å². The zero-order chi connectivity index (χ0) is 11.8. The van der Waals surface area contributed by atoms with Crippen LogP contribution in [0.4, 0.5) is 0 Å². The Morgan fingerprint density at radius 3 is 2.13 bits per heavy atom. The van der Waals surface area contributed by atoms with Crippen LogP contribution >= 0.6 is 0 Å². The van der Waals surface area contributed by atoms with Gasteiger partial charge in [0.2, 0.25) is 6.33 Å². The lowest BCUT2D eigenvalue weighted by molar-refractivity contribution is -0.715. The predicted octanol–water partition coefficient (Wildman–Crippen LogP) is 0.372. The third-order valence-electron chi connectivity index (χ3n) is 1.91. The summed E-state index contributed by atoms with van der Waals surface area (Å²) in [5.74, 6) is 0. The first-order valence-corrected chi connectivity index (χ1v) is 4.83. The lowest BCUT2D eigenvalue weighted by Gasteiger charge is -1.99. The summed E-state index contributed by atoms with van der Waals surface area (Å²) in [4.78, 5) is 11.2. The highest BCUT2D eigenvalue weighted by Gasteiger charge is 2.08. The maximum Gasteiger partial charge on any atom is 0.287 e. The molecule has 0 aliphatic heterocycles. The monoisotopic (exact) mass is 214 g/mol. The van der Waals surface area contributed by atoms with Gasteiger partial charge in [0.25, 0.3) is 6.47 Å². The van der Waals surface area contributed by atoms with E-state index in [2.05, 4.69) is 60.4 Å². The second-order valence-corrected chi connectivity index (χ2v) is 3.69. The Bertz CT molecular complexity index is 259. The number of aromatic nitrogens is 2. The fraction of sp³-hybridized carbons (Fsp3) is 0.600. The zero-order valence-corrected chi connectivity index (χ0v) is 9.58. The molecule has 0 aliphatic rings. The van der Waals surface area contributed by atoms with Crippen molar-refractivity contribution in [3.05, 3.63) is 18.7 Å². The maximum absolute atomic E-state index is 8.64. The summed E-state index contributed by atoms with van der Waals surface area (Å²) in [6.45, 7) is 8.56. The molecular weight excluding hydrogens is 196 g/mol. The Morgan fingerprint density at radius 2 is 1.93 bits per heavy atom. The van der Waals surface area contributed by atoms with Crippen LogP contribution in [0.1, 0.15) is 39.8 Å². The molecule has 0 bridgehead atoms. The number of rotatable bonds is 3. The summed E-state index contributed by atoms with van der Waals surface area (Å²) in [7, 11) is 0. The Morgan fingerprint density at radius 1 is 1.40 bits per heavy atom. The first kappa shape index (κ1) is 13.6. The molecule has 5 heteroatoms. The van der Waals surface area contributed by atoms with Crippen LogP contribution in [0.15, 0.2) is 18.7 Å². The van der Waals surface area contributed by atoms with Gasteiger partial charge in [0.15, 0.2) is 0 Å². The predicted molar refractivity (Wildman–Crippen MR) is 52.5 cm³/mol. The lowest BCUT2D eigenvalue weighted by Crippen LogP contribution is -2.33. The van der Waals surface area contributed by atoms with Crippen LogP contribution in [0, 0.1) is 0 Å². The van der Waals surface area contributed by atoms with Crippen molar-refractivity contribution in [2.75, 3.05) is 0 Å². The molecule has 0 aromatic carbocycles. The summed E-state index contributed by atoms with van der Waals surface area (Å²) in [6, 6.07) is 1.13. The summed E-state index contributed by atoms with van der Waals surface area (Å²) in [5.41, 5.74) is 0. The molecule has 1 rings (SSSR count). The van der Waals surface area contributed by atoms with E-state index < -0.39 is 0 Å². The van der Waals surface area contributed by atoms with E-state index in [0.29, 0.717) is 12.1 Å². The molecule has 0 unspecified atom stereocenters. The molecule has 0 N–H and O–H groups in total. The molecule has 0 fully saturated rings. The van der Waals surface area contributed by atoms with Crippen LogP contribution in [0.2, 0.25) is 0 Å². The van der Waals surface area contributed by atoms with Gasteiger partial charge in [-0.3, -0.25) is 4.79 Å². The van der Waals surface area contributed by atoms with Crippen molar-refractivity contribution < 1.29 is 19.5 Å². The third-order valence-corrected chi connectivity index (χ3v) is 1.91. The van der Waals surface area contributed by atoms with Crippen molar-refractivity contribution in [2.45, 2.75) is 39.8 Å². The highest BCUT2D eigenvalue weighted by molar-refractivity contribution is 5.35. The molecule has 0 aliphatic carbocycles. The van der Waals surface area contributed by atoms with Crippen LogP contribution in [-0.4, -0.2) is 11.0 Å². The topological polar surface area (TPSA) is 58.2 Å². The molecule has 0 saturated heterocycles. The van der Waals surface area contributed by atoms with Crippen LogP contribution in [0.25, 0.3) is 0 Å². The highest BCUT2D eigenvalue weighted by atomic mass is 17.1. The third kappa shape index (κ3) is 5.17. The fourth-order valence-corrected chi connectivity index (χ4v) is 0.996. The molecule has 0 amide bonds. The smallest absolute Gasteiger partial charge is 0.287 e. The van der Waals surface area contributed by atoms with Gasteiger partial charge < -0.3 is 10.1 Å². The van der Waals surface area contributed by atoms with Crippen molar-refractivity contribution >= 4 is 6.47 Å². The van der Waals surface area contributed by atoms with Crippen LogP contribution < -0.4 is 9.82 Å². The van der Waals surface area contributed by atoms with Crippen molar-refractivity contribution in [3.63, 3.8) is 0 Å². The second kappa shape index (κ2) is 7.00. The molecule has 86 valence electrons. The molecule has 0 radical (unpaired) electrons. The van der Waals surface area contributed by atoms with Gasteiger partial charge in [0.05, 0.1) is 12.1 Å². The summed E-state index contributed by atoms with van der Waals surface area (Å²) < 4.78 is 4.42. The van der Waals surface area contributed by atoms with Crippen molar-refractivity contribution in [1.82, 2.24) is 4.57 Å². The van der Waals surface area contributed by atoms with E-state index in [1.807, 2.05) is 0 Å². The van der Waals surface area contributed by atoms with E-state index in [1.165, 1.54) is 0 Å². The Kier molecular flexibility index (Phi) is 6.37. The van der Waals surface area contributed by atoms with Crippen LogP contribution in [0.3, 0.4) is 0 Å². The number of hydrogen-bond donors (Lipinski definition) is 0. The summed E-state index contributed by atoms with van der Waals surface area (Å²) >= 11 is 0. The molecule has 1 aromatic heterocycles. The normalized spacial score (nSPS) is 9.80. The minimum absolute atomic E-state index is 0.181. The van der Waals surface area contributed by atoms with Gasteiger partial charge >= 0.3 is 0 Å². The second-order valence-electron chi connectivity index (χ2n) is 3.69. The van der Waals surface area contributed by atoms with E-state index in [4.69, 9.17) is 10.1 Å². The first-order chi connectivity index (χ1) is 7.02. The number of hydrogen-bond acceptors (Lipinski definition) is 3. The standard InChI is InChI=1S/C9H17N2.CH2O3/c1-8(2)10-5-6-11(7-10)9(3)4;2-1-4-3/h5-9H,1-4H3;1,3H/q+1;/p-1. The molecule has 1 heterocycles. The quantitative estimate of drug-likeness (QED) is 0.316. The molecule has 5 nitrogen and oxygen atoms in total. The lowest BCUT2D eigenvalue weighted by atomic mass is 10.4. The summed E-state index contributed by atoms with van der Waals surface area (Å²) in [6.07, 6.45) is 6.38. The van der Waals surface area contributed by atoms with Gasteiger partial charge in [-0.15, -0.1) is 0 Å². The van der Waals surface area contributed by atoms with Crippen molar-refractivity contribution in [1.29, 1.82) is 0 Å². The SMILES string of the molecule is CC(C)n1cc[n+](C(C)C)c1.O=CO[O-]. The first-order valence-electron chi connectivity index (χ1n) is 4.83. The molecule has 0 spiro atoms. The molecular formula is C10H18N2O3. The minimum atomic E-state index is -0.181. The van der Waals surface area contributed by atoms with Crippen LogP contribution in [0.5, 0.6) is 0 Å². The number of carbonyl (C=O) groups excluding carboxylic acids is 1. The fourth-order valence-electron chi connectivity index (χ4n) is 0.996. The van der Waals surface area contributed by atoms with E-state index >= 15 is 0 Å². The highest BCUT2D eigenvalue weighted by Crippen LogP contribution is 2.01. The minimum Gasteiger partial charge on any atom is -0.662 e. The van der Waals surface area contributed by atoms with Gasteiger partial charge in [0.1, 0.15) is 12.4 Å². The Hall–Kier alpha value is -1.36. The number of imidazole rings is 1. The van der Waals surface area contributed by atoms with E-state index in [1.54, 1.807) is 0 Å². The molecule has 0 atom stereocenters. The Labute approximate surface area is 89.8 Å². The van der Waals surface area contributed by atoms with Gasteiger partial charge in [-0.1, -0.05) is 0 Å². The van der Waals surface area contributed by atoms with Gasteiger partial charge in [-0.25, -0.2) is 9.13 Å². The number of nitrogens with zero attached hydrogens (tertiary/aromatic N) is 2. The van der Waals surface area contributed by atoms with Gasteiger partial charge in [-0.2, -0.15) is 0 Å². The van der Waals surface area contributed by atoms with Gasteiger partial charge in [0, 0.05) is 0 Å².